The van der Waals surface area contributed by atoms with Gasteiger partial charge in [-0.2, -0.15) is 0 Å². The van der Waals surface area contributed by atoms with Gasteiger partial charge in [0.15, 0.2) is 0 Å². The standard InChI is InChI=1S/C15H30O3Si2/c1-8-13(19(5)6)12(2)14(16)17-20(7)11-9-10-15(3,4)18-20/h13,19H,2,8-11H2,1,3-7H3. The van der Waals surface area contributed by atoms with Crippen molar-refractivity contribution in [3.63, 3.8) is 0 Å². The summed E-state index contributed by atoms with van der Waals surface area (Å²) in [6.07, 6.45) is 3.08. The molecule has 2 unspecified atom stereocenters. The lowest BCUT2D eigenvalue weighted by molar-refractivity contribution is -0.134. The van der Waals surface area contributed by atoms with Gasteiger partial charge in [-0.25, -0.2) is 4.79 Å². The quantitative estimate of drug-likeness (QED) is 0.568. The van der Waals surface area contributed by atoms with E-state index in [0.717, 1.165) is 25.3 Å². The zero-order chi connectivity index (χ0) is 15.6. The summed E-state index contributed by atoms with van der Waals surface area (Å²) in [5.41, 5.74) is 0.823. The molecule has 1 rings (SSSR count). The van der Waals surface area contributed by atoms with Crippen LogP contribution in [-0.2, 0) is 13.6 Å². The Bertz CT molecular complexity index is 379. The molecule has 1 aliphatic heterocycles. The van der Waals surface area contributed by atoms with E-state index in [2.05, 4.69) is 40.4 Å². The molecule has 1 heterocycles. The summed E-state index contributed by atoms with van der Waals surface area (Å²) in [4.78, 5) is 12.4. The third-order valence-electron chi connectivity index (χ3n) is 4.16. The summed E-state index contributed by atoms with van der Waals surface area (Å²) in [5, 5.41) is 0. The van der Waals surface area contributed by atoms with Crippen LogP contribution in [-0.4, -0.2) is 28.9 Å². The van der Waals surface area contributed by atoms with E-state index in [1.165, 1.54) is 0 Å². The van der Waals surface area contributed by atoms with Crippen LogP contribution in [0.4, 0.5) is 0 Å². The van der Waals surface area contributed by atoms with Gasteiger partial charge in [0.25, 0.3) is 0 Å². The van der Waals surface area contributed by atoms with E-state index in [0.29, 0.717) is 11.1 Å². The Morgan fingerprint density at radius 2 is 2.10 bits per heavy atom. The molecule has 0 N–H and O–H groups in total. The Kier molecular flexibility index (Phi) is 5.81. The Hall–Kier alpha value is -0.396. The van der Waals surface area contributed by atoms with E-state index < -0.39 is 17.4 Å². The first-order chi connectivity index (χ1) is 9.10. The van der Waals surface area contributed by atoms with Crippen LogP contribution in [0.2, 0.25) is 31.2 Å². The molecule has 0 aliphatic carbocycles. The molecule has 1 saturated heterocycles. The molecule has 2 atom stereocenters. The number of carbonyl (C=O) groups excluding carboxylic acids is 1. The zero-order valence-electron chi connectivity index (χ0n) is 13.9. The van der Waals surface area contributed by atoms with Gasteiger partial charge in [0.05, 0.1) is 5.60 Å². The molecule has 0 aromatic heterocycles. The maximum atomic E-state index is 12.4. The third-order valence-corrected chi connectivity index (χ3v) is 9.51. The lowest BCUT2D eigenvalue weighted by atomic mass is 10.0. The second-order valence-corrected chi connectivity index (χ2v) is 13.5. The van der Waals surface area contributed by atoms with Crippen molar-refractivity contribution < 1.29 is 13.6 Å². The van der Waals surface area contributed by atoms with Crippen molar-refractivity contribution >= 4 is 23.3 Å². The van der Waals surface area contributed by atoms with E-state index in [4.69, 9.17) is 8.85 Å². The van der Waals surface area contributed by atoms with Gasteiger partial charge < -0.3 is 8.85 Å². The lowest BCUT2D eigenvalue weighted by Gasteiger charge is -2.40. The fourth-order valence-electron chi connectivity index (χ4n) is 3.13. The number of hydrogen-bond acceptors (Lipinski definition) is 3. The van der Waals surface area contributed by atoms with Gasteiger partial charge in [-0.3, -0.25) is 0 Å². The van der Waals surface area contributed by atoms with Crippen LogP contribution in [0.3, 0.4) is 0 Å². The van der Waals surface area contributed by atoms with Crippen LogP contribution in [0.5, 0.6) is 0 Å². The Morgan fingerprint density at radius 1 is 1.50 bits per heavy atom. The highest BCUT2D eigenvalue weighted by atomic mass is 28.4. The molecule has 3 nitrogen and oxygen atoms in total. The Morgan fingerprint density at radius 3 is 2.55 bits per heavy atom. The van der Waals surface area contributed by atoms with Gasteiger partial charge in [-0.1, -0.05) is 33.0 Å². The zero-order valence-corrected chi connectivity index (χ0v) is 16.1. The van der Waals surface area contributed by atoms with E-state index in [-0.39, 0.29) is 11.6 Å². The Balaban J connectivity index is 2.72. The molecule has 0 radical (unpaired) electrons. The third kappa shape index (κ3) is 4.57. The first-order valence-electron chi connectivity index (χ1n) is 7.72. The number of rotatable bonds is 5. The molecule has 0 bridgehead atoms. The van der Waals surface area contributed by atoms with Crippen LogP contribution in [0, 0.1) is 0 Å². The van der Waals surface area contributed by atoms with Crippen LogP contribution in [0.15, 0.2) is 12.2 Å². The highest BCUT2D eigenvalue weighted by Gasteiger charge is 2.45. The predicted octanol–water partition coefficient (Wildman–Crippen LogP) is 4.01. The molecule has 0 aromatic carbocycles. The van der Waals surface area contributed by atoms with Gasteiger partial charge >= 0.3 is 14.5 Å². The fraction of sp³-hybridized carbons (Fsp3) is 0.800. The highest BCUT2D eigenvalue weighted by Crippen LogP contribution is 2.35. The first-order valence-corrected chi connectivity index (χ1v) is 13.2. The molecule has 116 valence electrons. The molecule has 0 spiro atoms. The molecule has 0 aromatic rings. The van der Waals surface area contributed by atoms with Gasteiger partial charge in [0.1, 0.15) is 0 Å². The lowest BCUT2D eigenvalue weighted by Crippen LogP contribution is -2.50. The summed E-state index contributed by atoms with van der Waals surface area (Å²) in [5.74, 6) is -0.218. The molecule has 1 fully saturated rings. The second kappa shape index (κ2) is 6.58. The first kappa shape index (κ1) is 17.7. The van der Waals surface area contributed by atoms with E-state index in [1.54, 1.807) is 0 Å². The molecule has 0 amide bonds. The molecule has 20 heavy (non-hydrogen) atoms. The monoisotopic (exact) mass is 314 g/mol. The van der Waals surface area contributed by atoms with Gasteiger partial charge in [0.2, 0.25) is 0 Å². The summed E-state index contributed by atoms with van der Waals surface area (Å²) in [6.45, 7) is 16.8. The smallest absolute Gasteiger partial charge is 0.399 e. The van der Waals surface area contributed by atoms with E-state index >= 15 is 0 Å². The van der Waals surface area contributed by atoms with Crippen LogP contribution < -0.4 is 0 Å². The van der Waals surface area contributed by atoms with E-state index in [1.807, 2.05) is 6.55 Å². The molecular formula is C15H30O3Si2. The highest BCUT2D eigenvalue weighted by molar-refractivity contribution is 6.68. The summed E-state index contributed by atoms with van der Waals surface area (Å²) < 4.78 is 11.9. The van der Waals surface area contributed by atoms with Crippen molar-refractivity contribution in [1.82, 2.24) is 0 Å². The molecule has 5 heteroatoms. The second-order valence-electron chi connectivity index (χ2n) is 7.02. The molecule has 1 aliphatic rings. The topological polar surface area (TPSA) is 35.5 Å². The van der Waals surface area contributed by atoms with Crippen LogP contribution in [0.25, 0.3) is 0 Å². The Labute approximate surface area is 126 Å². The number of hydrogen-bond donors (Lipinski definition) is 0. The maximum absolute atomic E-state index is 12.4. The molecule has 0 saturated carbocycles. The van der Waals surface area contributed by atoms with Crippen molar-refractivity contribution in [1.29, 1.82) is 0 Å². The fourth-order valence-corrected chi connectivity index (χ4v) is 7.87. The van der Waals surface area contributed by atoms with Crippen molar-refractivity contribution in [2.24, 2.45) is 0 Å². The normalized spacial score (nSPS) is 27.1. The SMILES string of the molecule is C=C(C(=O)O[Si]1(C)CCCC(C)(C)O1)C(CC)[SiH](C)C. The van der Waals surface area contributed by atoms with Gasteiger partial charge in [-0.15, -0.1) is 0 Å². The predicted molar refractivity (Wildman–Crippen MR) is 89.0 cm³/mol. The molecular weight excluding hydrogens is 284 g/mol. The van der Waals surface area contributed by atoms with Crippen LogP contribution >= 0.6 is 0 Å². The van der Waals surface area contributed by atoms with Crippen molar-refractivity contribution in [3.05, 3.63) is 12.2 Å². The van der Waals surface area contributed by atoms with Crippen LogP contribution in [0.1, 0.15) is 40.0 Å². The number of carbonyl (C=O) groups is 1. The largest absolute Gasteiger partial charge is 0.491 e. The average Bonchev–Trinajstić information content (AvgIpc) is 2.26. The van der Waals surface area contributed by atoms with Gasteiger partial charge in [-0.05, 0) is 38.8 Å². The van der Waals surface area contributed by atoms with Crippen molar-refractivity contribution in [2.45, 2.75) is 76.9 Å². The minimum absolute atomic E-state index is 0.169. The summed E-state index contributed by atoms with van der Waals surface area (Å²) in [7, 11) is -3.32. The summed E-state index contributed by atoms with van der Waals surface area (Å²) >= 11 is 0. The van der Waals surface area contributed by atoms with Crippen molar-refractivity contribution in [3.8, 4) is 0 Å². The van der Waals surface area contributed by atoms with E-state index in [9.17, 15) is 4.79 Å². The maximum Gasteiger partial charge on any atom is 0.399 e. The minimum Gasteiger partial charge on any atom is -0.491 e. The van der Waals surface area contributed by atoms with Crippen molar-refractivity contribution in [2.75, 3.05) is 0 Å². The summed E-state index contributed by atoms with van der Waals surface area (Å²) in [6, 6.07) is 0.894. The van der Waals surface area contributed by atoms with Gasteiger partial charge in [0, 0.05) is 20.4 Å². The average molecular weight is 315 g/mol. The minimum atomic E-state index is -2.39.